The summed E-state index contributed by atoms with van der Waals surface area (Å²) in [6, 6.07) is 11.2. The lowest BCUT2D eigenvalue weighted by Crippen LogP contribution is -2.33. The lowest BCUT2D eigenvalue weighted by atomic mass is 9.94. The number of rotatable bonds is 9. The van der Waals surface area contributed by atoms with Crippen LogP contribution in [-0.4, -0.2) is 62.3 Å². The molecule has 2 aromatic rings. The second-order valence-electron chi connectivity index (χ2n) is 7.72. The van der Waals surface area contributed by atoms with Crippen LogP contribution < -0.4 is 14.2 Å². The average molecular weight is 456 g/mol. The van der Waals surface area contributed by atoms with Crippen molar-refractivity contribution in [1.82, 2.24) is 4.90 Å². The number of aliphatic hydroxyl groups is 1. The number of benzene rings is 2. The van der Waals surface area contributed by atoms with Crippen LogP contribution in [-0.2, 0) is 14.3 Å². The van der Waals surface area contributed by atoms with E-state index in [9.17, 15) is 14.7 Å². The second kappa shape index (κ2) is 10.4. The molecule has 1 saturated heterocycles. The first-order valence-electron chi connectivity index (χ1n) is 10.6. The van der Waals surface area contributed by atoms with Crippen molar-refractivity contribution in [2.75, 3.05) is 34.5 Å². The number of nitrogens with zero attached hydrogens (tertiary/aromatic N) is 1. The van der Waals surface area contributed by atoms with Crippen molar-refractivity contribution in [3.63, 3.8) is 0 Å². The van der Waals surface area contributed by atoms with Crippen molar-refractivity contribution in [3.05, 3.63) is 59.2 Å². The number of ketones is 1. The molecule has 1 amide bonds. The lowest BCUT2D eigenvalue weighted by molar-refractivity contribution is -0.140. The number of carbonyl (C=O) groups excluding carboxylic acids is 2. The maximum Gasteiger partial charge on any atom is 0.295 e. The van der Waals surface area contributed by atoms with Gasteiger partial charge in [0.05, 0.1) is 45.7 Å². The van der Waals surface area contributed by atoms with Crippen LogP contribution in [0, 0.1) is 0 Å². The zero-order valence-corrected chi connectivity index (χ0v) is 19.5. The number of hydrogen-bond acceptors (Lipinski definition) is 7. The molecule has 1 aliphatic heterocycles. The van der Waals surface area contributed by atoms with Crippen molar-refractivity contribution >= 4 is 17.4 Å². The van der Waals surface area contributed by atoms with Crippen molar-refractivity contribution < 1.29 is 33.6 Å². The zero-order valence-electron chi connectivity index (χ0n) is 19.5. The number of Topliss-reactive ketones (excluding diaryl/α,β-unsaturated/α-hetero) is 1. The summed E-state index contributed by atoms with van der Waals surface area (Å²) in [7, 11) is 4.46. The van der Waals surface area contributed by atoms with E-state index in [1.165, 1.54) is 19.1 Å². The van der Waals surface area contributed by atoms with Gasteiger partial charge < -0.3 is 29.0 Å². The smallest absolute Gasteiger partial charge is 0.295 e. The summed E-state index contributed by atoms with van der Waals surface area (Å²) >= 11 is 0. The molecule has 2 aromatic carbocycles. The van der Waals surface area contributed by atoms with Gasteiger partial charge in [0, 0.05) is 6.54 Å². The molecule has 8 heteroatoms. The quantitative estimate of drug-likeness (QED) is 0.351. The molecule has 0 aliphatic carbocycles. The molecule has 176 valence electrons. The Morgan fingerprint density at radius 1 is 0.970 bits per heavy atom. The Kier molecular flexibility index (Phi) is 7.60. The highest BCUT2D eigenvalue weighted by atomic mass is 16.5. The molecule has 0 spiro atoms. The van der Waals surface area contributed by atoms with Crippen LogP contribution in [0.15, 0.2) is 48.0 Å². The van der Waals surface area contributed by atoms with Gasteiger partial charge >= 0.3 is 0 Å². The third kappa shape index (κ3) is 4.80. The third-order valence-corrected chi connectivity index (χ3v) is 5.42. The zero-order chi connectivity index (χ0) is 24.1. The van der Waals surface area contributed by atoms with E-state index in [1.807, 2.05) is 13.8 Å². The predicted octanol–water partition coefficient (Wildman–Crippen LogP) is 3.56. The van der Waals surface area contributed by atoms with Crippen molar-refractivity contribution in [3.8, 4) is 17.2 Å². The number of amides is 1. The molecule has 1 atom stereocenters. The molecule has 8 nitrogen and oxygen atoms in total. The number of methoxy groups -OCH3 is 3. The van der Waals surface area contributed by atoms with Crippen LogP contribution in [0.3, 0.4) is 0 Å². The Hall–Kier alpha value is -3.52. The predicted molar refractivity (Wildman–Crippen MR) is 123 cm³/mol. The van der Waals surface area contributed by atoms with Gasteiger partial charge in [0.15, 0.2) is 0 Å². The van der Waals surface area contributed by atoms with Crippen molar-refractivity contribution in [2.45, 2.75) is 26.0 Å². The number of likely N-dealkylation sites (tertiary alicyclic amines) is 1. The molecule has 0 aromatic heterocycles. The lowest BCUT2D eigenvalue weighted by Gasteiger charge is -2.26. The summed E-state index contributed by atoms with van der Waals surface area (Å²) in [5.41, 5.74) is 0.810. The largest absolute Gasteiger partial charge is 0.506 e. The van der Waals surface area contributed by atoms with Crippen LogP contribution in [0.25, 0.3) is 5.76 Å². The fraction of sp³-hybridized carbons (Fsp3) is 0.360. The SMILES string of the molecule is COc1ccc(C2/C(=C(\O)c3c(OC)cccc3OC)C(=O)C(=O)N2CCOC(C)C)cc1. The van der Waals surface area contributed by atoms with Gasteiger partial charge in [0.25, 0.3) is 11.7 Å². The van der Waals surface area contributed by atoms with Crippen LogP contribution in [0.5, 0.6) is 17.2 Å². The average Bonchev–Trinajstić information content (AvgIpc) is 3.07. The normalized spacial score (nSPS) is 17.5. The van der Waals surface area contributed by atoms with Gasteiger partial charge in [-0.3, -0.25) is 9.59 Å². The Balaban J connectivity index is 2.18. The minimum absolute atomic E-state index is 0.0286. The number of aliphatic hydroxyl groups excluding tert-OH is 1. The van der Waals surface area contributed by atoms with E-state index in [0.717, 1.165) is 0 Å². The van der Waals surface area contributed by atoms with E-state index in [4.69, 9.17) is 18.9 Å². The summed E-state index contributed by atoms with van der Waals surface area (Å²) < 4.78 is 21.7. The van der Waals surface area contributed by atoms with E-state index >= 15 is 0 Å². The van der Waals surface area contributed by atoms with Gasteiger partial charge in [-0.25, -0.2) is 0 Å². The van der Waals surface area contributed by atoms with Gasteiger partial charge in [-0.15, -0.1) is 0 Å². The van der Waals surface area contributed by atoms with Gasteiger partial charge in [0.1, 0.15) is 28.6 Å². The summed E-state index contributed by atoms with van der Waals surface area (Å²) in [5.74, 6) is -0.602. The third-order valence-electron chi connectivity index (χ3n) is 5.42. The van der Waals surface area contributed by atoms with Crippen molar-refractivity contribution in [1.29, 1.82) is 0 Å². The highest BCUT2D eigenvalue weighted by molar-refractivity contribution is 6.46. The van der Waals surface area contributed by atoms with E-state index in [2.05, 4.69) is 0 Å². The molecular weight excluding hydrogens is 426 g/mol. The highest BCUT2D eigenvalue weighted by Gasteiger charge is 2.46. The summed E-state index contributed by atoms with van der Waals surface area (Å²) in [4.78, 5) is 27.6. The van der Waals surface area contributed by atoms with Gasteiger partial charge in [-0.2, -0.15) is 0 Å². The van der Waals surface area contributed by atoms with Gasteiger partial charge in [-0.05, 0) is 43.7 Å². The Morgan fingerprint density at radius 2 is 1.58 bits per heavy atom. The van der Waals surface area contributed by atoms with Crippen LogP contribution in [0.4, 0.5) is 0 Å². The van der Waals surface area contributed by atoms with Crippen LogP contribution >= 0.6 is 0 Å². The minimum Gasteiger partial charge on any atom is -0.506 e. The molecule has 0 radical (unpaired) electrons. The first kappa shape index (κ1) is 24.1. The van der Waals surface area contributed by atoms with Crippen molar-refractivity contribution in [2.24, 2.45) is 0 Å². The molecule has 0 bridgehead atoms. The molecule has 0 saturated carbocycles. The van der Waals surface area contributed by atoms with Crippen LogP contribution in [0.2, 0.25) is 0 Å². The van der Waals surface area contributed by atoms with E-state index < -0.39 is 17.7 Å². The maximum absolute atomic E-state index is 13.2. The van der Waals surface area contributed by atoms with Crippen LogP contribution in [0.1, 0.15) is 31.0 Å². The summed E-state index contributed by atoms with van der Waals surface area (Å²) in [6.07, 6.45) is -0.0286. The molecule has 3 rings (SSSR count). The Labute approximate surface area is 193 Å². The highest BCUT2D eigenvalue weighted by Crippen LogP contribution is 2.43. The monoisotopic (exact) mass is 455 g/mol. The second-order valence-corrected chi connectivity index (χ2v) is 7.72. The molecule has 1 N–H and O–H groups in total. The molecule has 1 heterocycles. The van der Waals surface area contributed by atoms with E-state index in [0.29, 0.717) is 22.8 Å². The number of ether oxygens (including phenoxy) is 4. The van der Waals surface area contributed by atoms with Gasteiger partial charge in [0.2, 0.25) is 0 Å². The summed E-state index contributed by atoms with van der Waals surface area (Å²) in [6.45, 7) is 4.21. The molecular formula is C25H29NO7. The van der Waals surface area contributed by atoms with E-state index in [1.54, 1.807) is 49.6 Å². The topological polar surface area (TPSA) is 94.5 Å². The van der Waals surface area contributed by atoms with Gasteiger partial charge in [-0.1, -0.05) is 18.2 Å². The summed E-state index contributed by atoms with van der Waals surface area (Å²) in [5, 5.41) is 11.4. The fourth-order valence-corrected chi connectivity index (χ4v) is 3.85. The minimum atomic E-state index is -0.818. The fourth-order valence-electron chi connectivity index (χ4n) is 3.85. The Bertz CT molecular complexity index is 1020. The van der Waals surface area contributed by atoms with E-state index in [-0.39, 0.29) is 36.2 Å². The number of carbonyl (C=O) groups is 2. The maximum atomic E-state index is 13.2. The Morgan fingerprint density at radius 3 is 2.09 bits per heavy atom. The molecule has 1 aliphatic rings. The first-order valence-corrected chi connectivity index (χ1v) is 10.6. The molecule has 33 heavy (non-hydrogen) atoms. The number of hydrogen-bond donors (Lipinski definition) is 1. The molecule has 1 fully saturated rings. The molecule has 1 unspecified atom stereocenters. The standard InChI is InChI=1S/C25H29NO7/c1-15(2)33-14-13-26-22(16-9-11-17(30-3)12-10-16)21(24(28)25(26)29)23(27)20-18(31-4)7-6-8-19(20)32-5/h6-12,15,22,27H,13-14H2,1-5H3/b23-21+. The first-order chi connectivity index (χ1) is 15.8.